The Morgan fingerprint density at radius 3 is 2.39 bits per heavy atom. The maximum atomic E-state index is 12.5. The minimum atomic E-state index is -4.85. The van der Waals surface area contributed by atoms with Gasteiger partial charge in [-0.05, 0) is 24.3 Å². The second kappa shape index (κ2) is 8.10. The average molecular weight is 412 g/mol. The highest BCUT2D eigenvalue weighted by Crippen LogP contribution is 2.30. The number of hydrogen-bond donors (Lipinski definition) is 1. The molecule has 0 unspecified atom stereocenters. The van der Waals surface area contributed by atoms with Crippen molar-refractivity contribution in [3.05, 3.63) is 58.0 Å². The van der Waals surface area contributed by atoms with Crippen LogP contribution in [-0.2, 0) is 0 Å². The van der Waals surface area contributed by atoms with Gasteiger partial charge in [0.2, 0.25) is 0 Å². The molecular weight excluding hydrogens is 395 g/mol. The van der Waals surface area contributed by atoms with Crippen molar-refractivity contribution in [3.8, 4) is 11.4 Å². The molecule has 148 valence electrons. The summed E-state index contributed by atoms with van der Waals surface area (Å²) < 4.78 is 42.6. The van der Waals surface area contributed by atoms with Gasteiger partial charge < -0.3 is 10.1 Å². The van der Waals surface area contributed by atoms with Crippen molar-refractivity contribution in [2.24, 2.45) is 0 Å². The molecule has 5 nitrogen and oxygen atoms in total. The van der Waals surface area contributed by atoms with E-state index in [1.165, 1.54) is 25.3 Å². The highest BCUT2D eigenvalue weighted by Gasteiger charge is 2.31. The molecule has 2 aromatic carbocycles. The lowest BCUT2D eigenvalue weighted by molar-refractivity contribution is -0.274. The summed E-state index contributed by atoms with van der Waals surface area (Å²) in [6.07, 6.45) is -0.345. The zero-order valence-corrected chi connectivity index (χ0v) is 15.6. The van der Waals surface area contributed by atoms with Gasteiger partial charge in [0.05, 0.1) is 16.2 Å². The van der Waals surface area contributed by atoms with E-state index in [2.05, 4.69) is 15.0 Å². The van der Waals surface area contributed by atoms with Crippen molar-refractivity contribution in [2.75, 3.05) is 12.4 Å². The predicted octanol–water partition coefficient (Wildman–Crippen LogP) is 5.15. The quantitative estimate of drug-likeness (QED) is 0.647. The van der Waals surface area contributed by atoms with Gasteiger partial charge in [0.25, 0.3) is 0 Å². The highest BCUT2D eigenvalue weighted by atomic mass is 35.5. The fourth-order valence-corrected chi connectivity index (χ4v) is 2.68. The van der Waals surface area contributed by atoms with Gasteiger partial charge in [-0.2, -0.15) is 4.98 Å². The van der Waals surface area contributed by atoms with E-state index in [9.17, 15) is 18.0 Å². The van der Waals surface area contributed by atoms with Gasteiger partial charge in [-0.25, -0.2) is 4.79 Å². The minimum Gasteiger partial charge on any atom is -0.406 e. The molecule has 0 aliphatic heterocycles. The molecule has 1 fully saturated rings. The normalized spacial score (nSPS) is 12.9. The SMILES string of the molecule is C1CC1.CNc1nc(=O)n(-c2ccccc2Cl)c2cc(OC(F)(F)F)ccc12. The van der Waals surface area contributed by atoms with E-state index < -0.39 is 17.8 Å². The molecular formula is C19H17ClF3N3O2. The smallest absolute Gasteiger partial charge is 0.406 e. The maximum Gasteiger partial charge on any atom is 0.573 e. The van der Waals surface area contributed by atoms with E-state index in [0.717, 1.165) is 16.7 Å². The van der Waals surface area contributed by atoms with Crippen LogP contribution in [0.1, 0.15) is 19.3 Å². The Morgan fingerprint density at radius 1 is 1.14 bits per heavy atom. The fraction of sp³-hybridized carbons (Fsp3) is 0.263. The largest absolute Gasteiger partial charge is 0.573 e. The zero-order chi connectivity index (χ0) is 20.3. The van der Waals surface area contributed by atoms with E-state index in [-0.39, 0.29) is 16.4 Å². The fourth-order valence-electron chi connectivity index (χ4n) is 2.46. The summed E-state index contributed by atoms with van der Waals surface area (Å²) in [4.78, 5) is 16.4. The molecule has 1 aromatic heterocycles. The number of nitrogens with zero attached hydrogens (tertiary/aromatic N) is 2. The number of aromatic nitrogens is 2. The number of fused-ring (bicyclic) bond motifs is 1. The summed E-state index contributed by atoms with van der Waals surface area (Å²) in [5.41, 5.74) is -0.202. The zero-order valence-electron chi connectivity index (χ0n) is 14.9. The molecule has 1 N–H and O–H groups in total. The van der Waals surface area contributed by atoms with Gasteiger partial charge >= 0.3 is 12.1 Å². The average Bonchev–Trinajstić information content (AvgIpc) is 3.50. The van der Waals surface area contributed by atoms with Crippen LogP contribution in [0.2, 0.25) is 5.02 Å². The van der Waals surface area contributed by atoms with Crippen LogP contribution in [0.3, 0.4) is 0 Å². The Morgan fingerprint density at radius 2 is 1.82 bits per heavy atom. The van der Waals surface area contributed by atoms with E-state index in [0.29, 0.717) is 11.1 Å². The lowest BCUT2D eigenvalue weighted by atomic mass is 10.2. The van der Waals surface area contributed by atoms with Crippen LogP contribution in [0.15, 0.2) is 47.3 Å². The summed E-state index contributed by atoms with van der Waals surface area (Å²) >= 11 is 6.14. The summed E-state index contributed by atoms with van der Waals surface area (Å²) in [5.74, 6) is -0.213. The Kier molecular flexibility index (Phi) is 5.79. The van der Waals surface area contributed by atoms with Gasteiger partial charge in [-0.1, -0.05) is 43.0 Å². The number of para-hydroxylation sites is 1. The number of rotatable bonds is 3. The molecule has 1 aliphatic rings. The van der Waals surface area contributed by atoms with Crippen molar-refractivity contribution in [1.82, 2.24) is 9.55 Å². The van der Waals surface area contributed by atoms with Crippen LogP contribution < -0.4 is 15.7 Å². The molecule has 0 bridgehead atoms. The lowest BCUT2D eigenvalue weighted by Crippen LogP contribution is -2.23. The van der Waals surface area contributed by atoms with Crippen molar-refractivity contribution >= 4 is 28.3 Å². The van der Waals surface area contributed by atoms with Crippen LogP contribution in [0.25, 0.3) is 16.6 Å². The molecule has 0 saturated heterocycles. The summed E-state index contributed by atoms with van der Waals surface area (Å²) in [6, 6.07) is 10.1. The third-order valence-corrected chi connectivity index (χ3v) is 4.10. The van der Waals surface area contributed by atoms with Crippen molar-refractivity contribution in [2.45, 2.75) is 25.6 Å². The Hall–Kier alpha value is -2.74. The van der Waals surface area contributed by atoms with Crippen molar-refractivity contribution < 1.29 is 17.9 Å². The standard InChI is InChI=1S/C16H11ClF3N3O2.C3H6/c1-21-14-10-7-6-9(25-16(18,19)20)8-13(10)23(15(24)22-14)12-5-3-2-4-11(12)17;1-2-3-1/h2-8H,1H3,(H,21,22,24);1-3H2. The number of anilines is 1. The Bertz CT molecular complexity index is 1050. The molecule has 0 amide bonds. The number of alkyl halides is 3. The Balaban J connectivity index is 0.000000684. The number of halogens is 4. The number of benzene rings is 2. The highest BCUT2D eigenvalue weighted by molar-refractivity contribution is 6.32. The van der Waals surface area contributed by atoms with Gasteiger partial charge in [-0.3, -0.25) is 4.57 Å². The molecule has 0 spiro atoms. The molecule has 9 heteroatoms. The maximum absolute atomic E-state index is 12.5. The van der Waals surface area contributed by atoms with Gasteiger partial charge in [0, 0.05) is 18.5 Å². The number of hydrogen-bond acceptors (Lipinski definition) is 4. The van der Waals surface area contributed by atoms with Crippen LogP contribution in [0, 0.1) is 0 Å². The first kappa shape index (κ1) is 20.0. The summed E-state index contributed by atoms with van der Waals surface area (Å²) in [5, 5.41) is 3.45. The Labute approximate surface area is 163 Å². The second-order valence-electron chi connectivity index (χ2n) is 6.07. The van der Waals surface area contributed by atoms with Crippen molar-refractivity contribution in [1.29, 1.82) is 0 Å². The number of nitrogens with one attached hydrogen (secondary N) is 1. The number of ether oxygens (including phenoxy) is 1. The van der Waals surface area contributed by atoms with Crippen LogP contribution in [0.5, 0.6) is 5.75 Å². The first-order valence-electron chi connectivity index (χ1n) is 8.55. The van der Waals surface area contributed by atoms with Crippen LogP contribution in [-0.4, -0.2) is 23.0 Å². The lowest BCUT2D eigenvalue weighted by Gasteiger charge is -2.15. The van der Waals surface area contributed by atoms with Crippen molar-refractivity contribution in [3.63, 3.8) is 0 Å². The van der Waals surface area contributed by atoms with Gasteiger partial charge in [0.1, 0.15) is 11.6 Å². The van der Waals surface area contributed by atoms with E-state index in [1.807, 2.05) is 0 Å². The van der Waals surface area contributed by atoms with Gasteiger partial charge in [0.15, 0.2) is 0 Å². The third-order valence-electron chi connectivity index (χ3n) is 3.78. The predicted molar refractivity (Wildman–Crippen MR) is 102 cm³/mol. The first-order chi connectivity index (χ1) is 13.3. The summed E-state index contributed by atoms with van der Waals surface area (Å²) in [6.45, 7) is 0. The summed E-state index contributed by atoms with van der Waals surface area (Å²) in [7, 11) is 1.56. The molecule has 4 rings (SSSR count). The van der Waals surface area contributed by atoms with Crippen LogP contribution >= 0.6 is 11.6 Å². The van der Waals surface area contributed by atoms with Crippen LogP contribution in [0.4, 0.5) is 19.0 Å². The molecule has 28 heavy (non-hydrogen) atoms. The van der Waals surface area contributed by atoms with E-state index in [4.69, 9.17) is 11.6 Å². The molecule has 1 aliphatic carbocycles. The monoisotopic (exact) mass is 411 g/mol. The second-order valence-corrected chi connectivity index (χ2v) is 6.47. The van der Waals surface area contributed by atoms with E-state index in [1.54, 1.807) is 31.3 Å². The molecule has 1 saturated carbocycles. The molecule has 0 radical (unpaired) electrons. The van der Waals surface area contributed by atoms with E-state index >= 15 is 0 Å². The molecule has 3 aromatic rings. The minimum absolute atomic E-state index is 0.180. The topological polar surface area (TPSA) is 56.2 Å². The third kappa shape index (κ3) is 4.75. The first-order valence-corrected chi connectivity index (χ1v) is 8.93. The molecule has 0 atom stereocenters. The van der Waals surface area contributed by atoms with Gasteiger partial charge in [-0.15, -0.1) is 13.2 Å². The molecule has 1 heterocycles.